The number of aromatic carboxylic acids is 1. The van der Waals surface area contributed by atoms with Crippen LogP contribution in [-0.4, -0.2) is 50.9 Å². The maximum absolute atomic E-state index is 13.8. The van der Waals surface area contributed by atoms with Crippen LogP contribution in [0.25, 0.3) is 0 Å². The van der Waals surface area contributed by atoms with Gasteiger partial charge < -0.3 is 20.8 Å². The van der Waals surface area contributed by atoms with Crippen molar-refractivity contribution in [2.24, 2.45) is 5.92 Å². The van der Waals surface area contributed by atoms with E-state index in [9.17, 15) is 29.4 Å². The fourth-order valence-electron chi connectivity index (χ4n) is 7.32. The van der Waals surface area contributed by atoms with Crippen molar-refractivity contribution in [3.05, 3.63) is 103 Å². The predicted molar refractivity (Wildman–Crippen MR) is 202 cm³/mol. The number of thiophene rings is 2. The van der Waals surface area contributed by atoms with Gasteiger partial charge in [0.25, 0.3) is 11.8 Å². The third-order valence-electron chi connectivity index (χ3n) is 10.1. The Hall–Kier alpha value is -4.32. The molecule has 0 radical (unpaired) electrons. The normalized spacial score (nSPS) is 17.3. The number of aryl methyl sites for hydroxylation is 3. The van der Waals surface area contributed by atoms with Gasteiger partial charge in [0.1, 0.15) is 9.88 Å². The maximum Gasteiger partial charge on any atom is 0.345 e. The molecule has 2 heterocycles. The first-order valence-electron chi connectivity index (χ1n) is 17.8. The molecule has 0 unspecified atom stereocenters. The van der Waals surface area contributed by atoms with E-state index in [-0.39, 0.29) is 23.8 Å². The van der Waals surface area contributed by atoms with Crippen LogP contribution in [0.4, 0.5) is 10.7 Å². The van der Waals surface area contributed by atoms with E-state index in [2.05, 4.69) is 29.4 Å². The molecule has 4 N–H and O–H groups in total. The molecule has 9 nitrogen and oxygen atoms in total. The summed E-state index contributed by atoms with van der Waals surface area (Å²) >= 11 is 2.79. The first kappa shape index (κ1) is 36.5. The standard InChI is InChI=1S/C40H45N3O6S2/c1-24(2)43(30-17-13-27(14-18-30)39(46)47)23-26-6-5-7-28(22-26)36(44)42-38-35(32-8-3-4-9-33(32)51-38)37(45)41-29-15-10-25(11-16-29)12-19-31-20-21-34(50-31)40(48)49/h5-7,10-11,15-16,20-22,24,27,30H,3-4,8-9,12-14,17-19,23H2,1-2H3,(H,41,45)(H,42,44)(H,46,47)(H,48,49)/t27-,30-. The van der Waals surface area contributed by atoms with Crippen LogP contribution in [0.1, 0.15) is 109 Å². The molecular formula is C40H45N3O6S2. The summed E-state index contributed by atoms with van der Waals surface area (Å²) in [6.45, 7) is 4.98. The zero-order valence-electron chi connectivity index (χ0n) is 29.1. The van der Waals surface area contributed by atoms with Crippen molar-refractivity contribution in [3.8, 4) is 0 Å². The number of nitrogens with zero attached hydrogens (tertiary/aromatic N) is 1. The summed E-state index contributed by atoms with van der Waals surface area (Å²) in [5, 5.41) is 25.4. The maximum atomic E-state index is 13.8. The molecule has 2 aliphatic carbocycles. The number of benzene rings is 2. The van der Waals surface area contributed by atoms with Crippen molar-refractivity contribution in [3.63, 3.8) is 0 Å². The molecule has 1 fully saturated rings. The molecule has 1 saturated carbocycles. The molecule has 0 bridgehead atoms. The Morgan fingerprint density at radius 3 is 2.25 bits per heavy atom. The molecule has 2 amide bonds. The molecule has 4 aromatic rings. The van der Waals surface area contributed by atoms with Crippen LogP contribution in [0.5, 0.6) is 0 Å². The number of anilines is 2. The van der Waals surface area contributed by atoms with Crippen molar-refractivity contribution >= 4 is 57.1 Å². The Bertz CT molecular complexity index is 1890. The van der Waals surface area contributed by atoms with E-state index in [1.54, 1.807) is 12.1 Å². The van der Waals surface area contributed by atoms with Gasteiger partial charge in [0.05, 0.1) is 11.5 Å². The summed E-state index contributed by atoms with van der Waals surface area (Å²) in [7, 11) is 0. The van der Waals surface area contributed by atoms with Crippen molar-refractivity contribution in [1.82, 2.24) is 4.90 Å². The zero-order valence-corrected chi connectivity index (χ0v) is 30.7. The third kappa shape index (κ3) is 8.95. The largest absolute Gasteiger partial charge is 0.481 e. The Labute approximate surface area is 306 Å². The van der Waals surface area contributed by atoms with Gasteiger partial charge in [-0.3, -0.25) is 19.3 Å². The lowest BCUT2D eigenvalue weighted by molar-refractivity contribution is -0.143. The van der Waals surface area contributed by atoms with E-state index in [0.29, 0.717) is 52.1 Å². The number of carboxylic acid groups (broad SMARTS) is 2. The molecule has 2 aliphatic rings. The number of rotatable bonds is 13. The number of amides is 2. The fraction of sp³-hybridized carbons (Fsp3) is 0.400. The average Bonchev–Trinajstić information content (AvgIpc) is 3.75. The molecule has 0 saturated heterocycles. The van der Waals surface area contributed by atoms with Crippen LogP contribution >= 0.6 is 22.7 Å². The van der Waals surface area contributed by atoms with Crippen LogP contribution in [0, 0.1) is 5.92 Å². The van der Waals surface area contributed by atoms with Crippen LogP contribution in [-0.2, 0) is 37.0 Å². The van der Waals surface area contributed by atoms with E-state index in [1.807, 2.05) is 48.5 Å². The van der Waals surface area contributed by atoms with Crippen molar-refractivity contribution < 1.29 is 29.4 Å². The van der Waals surface area contributed by atoms with E-state index in [4.69, 9.17) is 0 Å². The lowest BCUT2D eigenvalue weighted by Crippen LogP contribution is -2.42. The van der Waals surface area contributed by atoms with Crippen LogP contribution in [0.2, 0.25) is 0 Å². The number of hydrogen-bond acceptors (Lipinski definition) is 7. The van der Waals surface area contributed by atoms with Gasteiger partial charge >= 0.3 is 11.9 Å². The number of fused-ring (bicyclic) bond motifs is 1. The zero-order chi connectivity index (χ0) is 36.1. The van der Waals surface area contributed by atoms with Crippen LogP contribution in [0.15, 0.2) is 60.7 Å². The highest BCUT2D eigenvalue weighted by Gasteiger charge is 2.31. The Morgan fingerprint density at radius 2 is 1.57 bits per heavy atom. The molecule has 11 heteroatoms. The number of carbonyl (C=O) groups excluding carboxylic acids is 2. The first-order chi connectivity index (χ1) is 24.5. The highest BCUT2D eigenvalue weighted by molar-refractivity contribution is 7.17. The Kier molecular flexibility index (Phi) is 11.7. The van der Waals surface area contributed by atoms with E-state index < -0.39 is 11.9 Å². The van der Waals surface area contributed by atoms with Gasteiger partial charge in [0.2, 0.25) is 0 Å². The Morgan fingerprint density at radius 1 is 0.824 bits per heavy atom. The number of hydrogen-bond donors (Lipinski definition) is 4. The second-order valence-corrected chi connectivity index (χ2v) is 16.2. The highest BCUT2D eigenvalue weighted by Crippen LogP contribution is 2.39. The van der Waals surface area contributed by atoms with Crippen LogP contribution in [0.3, 0.4) is 0 Å². The van der Waals surface area contributed by atoms with Gasteiger partial charge in [0.15, 0.2) is 0 Å². The molecule has 51 heavy (non-hydrogen) atoms. The monoisotopic (exact) mass is 727 g/mol. The van der Waals surface area contributed by atoms with Crippen LogP contribution < -0.4 is 10.6 Å². The quantitative estimate of drug-likeness (QED) is 0.108. The van der Waals surface area contributed by atoms with Crippen molar-refractivity contribution in [2.45, 2.75) is 96.7 Å². The van der Waals surface area contributed by atoms with E-state index in [0.717, 1.165) is 77.8 Å². The molecule has 0 aliphatic heterocycles. The van der Waals surface area contributed by atoms with Gasteiger partial charge in [-0.25, -0.2) is 4.79 Å². The second-order valence-electron chi connectivity index (χ2n) is 13.9. The van der Waals surface area contributed by atoms with Gasteiger partial charge in [-0.15, -0.1) is 22.7 Å². The van der Waals surface area contributed by atoms with Crippen molar-refractivity contribution in [2.75, 3.05) is 10.6 Å². The van der Waals surface area contributed by atoms with Gasteiger partial charge in [-0.1, -0.05) is 24.3 Å². The summed E-state index contributed by atoms with van der Waals surface area (Å²) in [5.41, 5.74) is 4.86. The highest BCUT2D eigenvalue weighted by atomic mass is 32.1. The van der Waals surface area contributed by atoms with Gasteiger partial charge in [0, 0.05) is 39.6 Å². The second kappa shape index (κ2) is 16.4. The Balaban J connectivity index is 1.12. The summed E-state index contributed by atoms with van der Waals surface area (Å²) in [6, 6.07) is 19.4. The lowest BCUT2D eigenvalue weighted by Gasteiger charge is -2.38. The minimum Gasteiger partial charge on any atom is -0.481 e. The summed E-state index contributed by atoms with van der Waals surface area (Å²) in [5.74, 6) is -2.37. The van der Waals surface area contributed by atoms with Crippen molar-refractivity contribution in [1.29, 1.82) is 0 Å². The minimum absolute atomic E-state index is 0.240. The smallest absolute Gasteiger partial charge is 0.345 e. The van der Waals surface area contributed by atoms with E-state index in [1.165, 1.54) is 22.7 Å². The number of carboxylic acids is 2. The number of aliphatic carboxylic acids is 1. The third-order valence-corrected chi connectivity index (χ3v) is 12.4. The average molecular weight is 728 g/mol. The molecular weight excluding hydrogens is 683 g/mol. The van der Waals surface area contributed by atoms with Gasteiger partial charge in [-0.05, 0) is 131 Å². The molecule has 2 aromatic heterocycles. The predicted octanol–water partition coefficient (Wildman–Crippen LogP) is 8.53. The number of nitrogens with one attached hydrogen (secondary N) is 2. The summed E-state index contributed by atoms with van der Waals surface area (Å²) in [6.07, 6.45) is 8.30. The molecule has 0 atom stereocenters. The minimum atomic E-state index is -0.908. The SMILES string of the molecule is CC(C)N(Cc1cccc(C(=O)Nc2sc3c(c2C(=O)Nc2ccc(CCc4ccc(C(=O)O)s4)cc2)CCCC3)c1)[C@H]1CC[C@H](C(=O)O)CC1. The lowest BCUT2D eigenvalue weighted by atomic mass is 9.85. The van der Waals surface area contributed by atoms with E-state index >= 15 is 0 Å². The topological polar surface area (TPSA) is 136 Å². The fourth-order valence-corrected chi connectivity index (χ4v) is 9.45. The summed E-state index contributed by atoms with van der Waals surface area (Å²) in [4.78, 5) is 55.2. The number of carbonyl (C=O) groups is 4. The first-order valence-corrected chi connectivity index (χ1v) is 19.4. The molecule has 268 valence electrons. The molecule has 0 spiro atoms. The molecule has 6 rings (SSSR count). The summed E-state index contributed by atoms with van der Waals surface area (Å²) < 4.78 is 0. The van der Waals surface area contributed by atoms with Gasteiger partial charge in [-0.2, -0.15) is 0 Å². The molecule has 2 aromatic carbocycles.